The van der Waals surface area contributed by atoms with E-state index >= 15 is 0 Å². The molecule has 4 rings (SSSR count). The first-order valence-electron chi connectivity index (χ1n) is 7.48. The van der Waals surface area contributed by atoms with Gasteiger partial charge in [-0.3, -0.25) is 14.5 Å². The summed E-state index contributed by atoms with van der Waals surface area (Å²) in [6.07, 6.45) is 3.15. The SMILES string of the molecule is NC1C(=O)N2C(C(=O)O)=C(/C=C/Sc3cc(=O)c4occc4s3)CSC12. The topological polar surface area (TPSA) is 114 Å². The summed E-state index contributed by atoms with van der Waals surface area (Å²) in [6.45, 7) is 0. The molecule has 134 valence electrons. The Bertz CT molecular complexity index is 1040. The Hall–Kier alpha value is -2.01. The van der Waals surface area contributed by atoms with Crippen LogP contribution in [0.5, 0.6) is 0 Å². The highest BCUT2D eigenvalue weighted by Gasteiger charge is 2.51. The normalized spacial score (nSPS) is 22.8. The molecule has 2 atom stereocenters. The van der Waals surface area contributed by atoms with Crippen molar-refractivity contribution in [3.8, 4) is 0 Å². The molecule has 1 saturated heterocycles. The highest BCUT2D eigenvalue weighted by atomic mass is 32.2. The maximum Gasteiger partial charge on any atom is 0.352 e. The number of carboxylic acid groups (broad SMARTS) is 1. The number of allylic oxidation sites excluding steroid dienone is 1. The number of carboxylic acids is 1. The zero-order valence-electron chi connectivity index (χ0n) is 13.1. The van der Waals surface area contributed by atoms with Gasteiger partial charge in [0.15, 0.2) is 5.58 Å². The van der Waals surface area contributed by atoms with Crippen molar-refractivity contribution in [3.05, 3.63) is 51.4 Å². The lowest BCUT2D eigenvalue weighted by molar-refractivity contribution is -0.147. The third-order valence-corrected chi connectivity index (χ3v) is 7.35. The fourth-order valence-corrected chi connectivity index (χ4v) is 5.96. The summed E-state index contributed by atoms with van der Waals surface area (Å²) >= 11 is 4.17. The molecule has 0 aromatic carbocycles. The van der Waals surface area contributed by atoms with Gasteiger partial charge in [0, 0.05) is 11.8 Å². The standard InChI is InChI=1S/C16H12N2O5S3/c17-11-14(20)18-12(16(21)22)7(6-25-15(11)18)2-4-24-10-5-8(19)13-9(26-10)1-3-23-13/h1-5,11,15H,6,17H2,(H,21,22)/b4-2+. The molecule has 0 radical (unpaired) electrons. The first-order chi connectivity index (χ1) is 12.5. The first kappa shape index (κ1) is 17.4. The second-order valence-corrected chi connectivity index (χ2v) is 8.97. The summed E-state index contributed by atoms with van der Waals surface area (Å²) in [6, 6.07) is 2.58. The van der Waals surface area contributed by atoms with Crippen molar-refractivity contribution in [2.24, 2.45) is 5.73 Å². The van der Waals surface area contributed by atoms with Gasteiger partial charge >= 0.3 is 5.97 Å². The van der Waals surface area contributed by atoms with Gasteiger partial charge in [0.1, 0.15) is 17.1 Å². The number of nitrogens with zero attached hydrogens (tertiary/aromatic N) is 1. The molecule has 2 aliphatic rings. The van der Waals surface area contributed by atoms with Gasteiger partial charge in [-0.2, -0.15) is 0 Å². The van der Waals surface area contributed by atoms with Crippen LogP contribution < -0.4 is 11.2 Å². The van der Waals surface area contributed by atoms with Gasteiger partial charge in [-0.25, -0.2) is 4.79 Å². The molecule has 2 aliphatic heterocycles. The molecule has 1 fully saturated rings. The molecule has 0 bridgehead atoms. The van der Waals surface area contributed by atoms with Crippen molar-refractivity contribution >= 4 is 57.0 Å². The van der Waals surface area contributed by atoms with Crippen molar-refractivity contribution in [2.45, 2.75) is 15.6 Å². The second kappa shape index (κ2) is 6.62. The Morgan fingerprint density at radius 3 is 3.04 bits per heavy atom. The molecule has 0 aliphatic carbocycles. The minimum absolute atomic E-state index is 0.0178. The van der Waals surface area contributed by atoms with E-state index in [1.54, 1.807) is 17.6 Å². The number of fused-ring (bicyclic) bond motifs is 2. The summed E-state index contributed by atoms with van der Waals surface area (Å²) in [5.74, 6) is -1.07. The van der Waals surface area contributed by atoms with Crippen molar-refractivity contribution in [1.29, 1.82) is 0 Å². The fraction of sp³-hybridized carbons (Fsp3) is 0.188. The summed E-state index contributed by atoms with van der Waals surface area (Å²) in [5.41, 5.74) is 6.39. The van der Waals surface area contributed by atoms with E-state index in [1.165, 1.54) is 52.1 Å². The number of carbonyl (C=O) groups is 2. The van der Waals surface area contributed by atoms with Crippen LogP contribution in [0.25, 0.3) is 10.3 Å². The molecule has 0 saturated carbocycles. The average Bonchev–Trinajstić information content (AvgIpc) is 3.09. The second-order valence-electron chi connectivity index (χ2n) is 5.58. The molecule has 4 heterocycles. The van der Waals surface area contributed by atoms with Gasteiger partial charge in [0.2, 0.25) is 11.3 Å². The summed E-state index contributed by atoms with van der Waals surface area (Å²) in [4.78, 5) is 36.7. The zero-order chi connectivity index (χ0) is 18.4. The highest BCUT2D eigenvalue weighted by Crippen LogP contribution is 2.40. The van der Waals surface area contributed by atoms with Crippen LogP contribution in [-0.2, 0) is 9.59 Å². The van der Waals surface area contributed by atoms with Crippen molar-refractivity contribution in [3.63, 3.8) is 0 Å². The van der Waals surface area contributed by atoms with Crippen LogP contribution in [0, 0.1) is 0 Å². The number of carbonyl (C=O) groups excluding carboxylic acids is 1. The van der Waals surface area contributed by atoms with E-state index in [2.05, 4.69) is 0 Å². The highest BCUT2D eigenvalue weighted by molar-refractivity contribution is 8.04. The van der Waals surface area contributed by atoms with Crippen LogP contribution in [0.3, 0.4) is 0 Å². The Morgan fingerprint density at radius 1 is 1.46 bits per heavy atom. The van der Waals surface area contributed by atoms with E-state index < -0.39 is 12.0 Å². The van der Waals surface area contributed by atoms with Crippen LogP contribution in [0.15, 0.2) is 54.6 Å². The number of rotatable bonds is 4. The van der Waals surface area contributed by atoms with E-state index in [4.69, 9.17) is 10.2 Å². The number of aliphatic carboxylic acids is 1. The number of β-lactam (4-membered cyclic amide) rings is 1. The number of hydrogen-bond acceptors (Lipinski definition) is 8. The third kappa shape index (κ3) is 2.78. The van der Waals surface area contributed by atoms with Gasteiger partial charge < -0.3 is 15.3 Å². The van der Waals surface area contributed by atoms with Crippen LogP contribution in [-0.4, -0.2) is 39.1 Å². The van der Waals surface area contributed by atoms with E-state index in [1.807, 2.05) is 0 Å². The minimum atomic E-state index is -1.15. The first-order valence-corrected chi connectivity index (χ1v) is 10.2. The van der Waals surface area contributed by atoms with Gasteiger partial charge in [-0.05, 0) is 23.1 Å². The number of furan rings is 1. The van der Waals surface area contributed by atoms with E-state index in [0.717, 1.165) is 8.91 Å². The molecular weight excluding hydrogens is 396 g/mol. The van der Waals surface area contributed by atoms with Crippen molar-refractivity contribution in [2.75, 3.05) is 5.75 Å². The van der Waals surface area contributed by atoms with Crippen molar-refractivity contribution in [1.82, 2.24) is 4.90 Å². The Morgan fingerprint density at radius 2 is 2.27 bits per heavy atom. The lowest BCUT2D eigenvalue weighted by Crippen LogP contribution is -2.68. The third-order valence-electron chi connectivity index (χ3n) is 4.01. The smallest absolute Gasteiger partial charge is 0.352 e. The van der Waals surface area contributed by atoms with Gasteiger partial charge in [0.05, 0.1) is 15.2 Å². The van der Waals surface area contributed by atoms with Crippen LogP contribution in [0.4, 0.5) is 0 Å². The Balaban J connectivity index is 1.59. The van der Waals surface area contributed by atoms with Gasteiger partial charge in [-0.15, -0.1) is 23.1 Å². The lowest BCUT2D eigenvalue weighted by Gasteiger charge is -2.47. The molecule has 2 unspecified atom stereocenters. The maximum absolute atomic E-state index is 11.9. The van der Waals surface area contributed by atoms with E-state index in [0.29, 0.717) is 16.9 Å². The predicted molar refractivity (Wildman–Crippen MR) is 101 cm³/mol. The van der Waals surface area contributed by atoms with Gasteiger partial charge in [-0.1, -0.05) is 11.8 Å². The molecule has 2 aromatic rings. The molecule has 10 heteroatoms. The molecular formula is C16H12N2O5S3. The zero-order valence-corrected chi connectivity index (χ0v) is 15.5. The number of nitrogens with two attached hydrogens (primary N) is 1. The molecule has 1 amide bonds. The summed E-state index contributed by atoms with van der Waals surface area (Å²) in [5, 5.41) is 10.9. The fourth-order valence-electron chi connectivity index (χ4n) is 2.78. The van der Waals surface area contributed by atoms with E-state index in [-0.39, 0.29) is 22.4 Å². The average molecular weight is 408 g/mol. The van der Waals surface area contributed by atoms with E-state index in [9.17, 15) is 19.5 Å². The van der Waals surface area contributed by atoms with Crippen LogP contribution >= 0.6 is 34.9 Å². The van der Waals surface area contributed by atoms with Gasteiger partial charge in [0.25, 0.3) is 0 Å². The number of amides is 1. The molecule has 7 nitrogen and oxygen atoms in total. The Kier molecular flexibility index (Phi) is 4.43. The summed E-state index contributed by atoms with van der Waals surface area (Å²) < 4.78 is 6.66. The lowest BCUT2D eigenvalue weighted by atomic mass is 10.0. The van der Waals surface area contributed by atoms with Crippen molar-refractivity contribution < 1.29 is 19.1 Å². The number of hydrogen-bond donors (Lipinski definition) is 2. The molecule has 2 aromatic heterocycles. The largest absolute Gasteiger partial charge is 0.477 e. The maximum atomic E-state index is 11.9. The molecule has 3 N–H and O–H groups in total. The van der Waals surface area contributed by atoms with Crippen LogP contribution in [0.1, 0.15) is 0 Å². The quantitative estimate of drug-likeness (QED) is 0.584. The van der Waals surface area contributed by atoms with Crippen LogP contribution in [0.2, 0.25) is 0 Å². The molecule has 0 spiro atoms. The Labute approximate surface area is 159 Å². The number of thioether (sulfide) groups is 2. The predicted octanol–water partition coefficient (Wildman–Crippen LogP) is 2.04. The summed E-state index contributed by atoms with van der Waals surface area (Å²) in [7, 11) is 0. The molecule has 26 heavy (non-hydrogen) atoms. The monoisotopic (exact) mass is 408 g/mol. The minimum Gasteiger partial charge on any atom is -0.477 e.